The van der Waals surface area contributed by atoms with Gasteiger partial charge in [-0.15, -0.1) is 0 Å². The van der Waals surface area contributed by atoms with E-state index >= 15 is 0 Å². The lowest BCUT2D eigenvalue weighted by molar-refractivity contribution is -0.375. The molecule has 32 heavy (non-hydrogen) atoms. The number of H-pyrrole nitrogens is 2. The third-order valence-corrected chi connectivity index (χ3v) is 6.05. The van der Waals surface area contributed by atoms with Gasteiger partial charge in [0.25, 0.3) is 0 Å². The number of aromatic amines is 2. The molecule has 1 saturated heterocycles. The monoisotopic (exact) mass is 455 g/mol. The normalized spacial score (nSPS) is 24.0. The maximum atomic E-state index is 14.4. The molecule has 3 atom stereocenters. The van der Waals surface area contributed by atoms with E-state index in [2.05, 4.69) is 9.97 Å². The smallest absolute Gasteiger partial charge is 0.417 e. The minimum atomic E-state index is -4.70. The van der Waals surface area contributed by atoms with Gasteiger partial charge in [0, 0.05) is 35.2 Å². The van der Waals surface area contributed by atoms with Crippen molar-refractivity contribution in [2.24, 2.45) is 0 Å². The highest BCUT2D eigenvalue weighted by molar-refractivity contribution is 5.76. The second kappa shape index (κ2) is 7.84. The first-order chi connectivity index (χ1) is 15.1. The van der Waals surface area contributed by atoms with Crippen LogP contribution in [0.4, 0.5) is 22.0 Å². The van der Waals surface area contributed by atoms with Crippen LogP contribution in [0.15, 0.2) is 41.5 Å². The van der Waals surface area contributed by atoms with E-state index in [1.165, 1.54) is 18.3 Å². The average molecular weight is 455 g/mol. The summed E-state index contributed by atoms with van der Waals surface area (Å²) in [6.07, 6.45) is -2.18. The number of alkyl halides is 3. The number of rotatable bonds is 3. The summed E-state index contributed by atoms with van der Waals surface area (Å²) in [6.45, 7) is 0.519. The SMILES string of the molecule is COc1c([C@@H]2C[C@](C)(C(F)(F)F)OC[C@H]2c2cc(=O)c3c[nH+]ccc3[nH]2)ccc(F)c1F. The Hall–Kier alpha value is -3.01. The standard InChI is InChI=1S/C22H19F5N2O3/c1-21(22(25,26)27)8-12(11-3-4-15(23)19(24)20(11)31-2)14(10-32-21)17-7-18(30)13-9-28-6-5-16(13)29-17/h3-7,9,12,14H,8,10H2,1-2H3,(H,29,30)/p+1/t12-,14+,21+/m0/s1. The predicted molar refractivity (Wildman–Crippen MR) is 105 cm³/mol. The van der Waals surface area contributed by atoms with Gasteiger partial charge in [-0.05, 0) is 19.4 Å². The number of aromatic nitrogens is 2. The van der Waals surface area contributed by atoms with Gasteiger partial charge in [-0.3, -0.25) is 4.79 Å². The number of ether oxygens (including phenoxy) is 2. The fourth-order valence-electron chi connectivity index (χ4n) is 4.24. The summed E-state index contributed by atoms with van der Waals surface area (Å²) >= 11 is 0. The summed E-state index contributed by atoms with van der Waals surface area (Å²) in [5.41, 5.74) is -1.99. The number of hydrogen-bond donors (Lipinski definition) is 1. The van der Waals surface area contributed by atoms with E-state index in [0.717, 1.165) is 20.1 Å². The molecule has 2 N–H and O–H groups in total. The molecule has 0 unspecified atom stereocenters. The lowest BCUT2D eigenvalue weighted by atomic mass is 9.74. The quantitative estimate of drug-likeness (QED) is 0.601. The molecule has 2 aromatic heterocycles. The Morgan fingerprint density at radius 1 is 1.22 bits per heavy atom. The van der Waals surface area contributed by atoms with Crippen molar-refractivity contribution >= 4 is 10.9 Å². The van der Waals surface area contributed by atoms with Crippen LogP contribution in [0.5, 0.6) is 5.75 Å². The fourth-order valence-corrected chi connectivity index (χ4v) is 4.24. The van der Waals surface area contributed by atoms with E-state index in [0.29, 0.717) is 16.6 Å². The van der Waals surface area contributed by atoms with E-state index in [1.807, 2.05) is 0 Å². The summed E-state index contributed by atoms with van der Waals surface area (Å²) in [5.74, 6) is -4.69. The number of hydrogen-bond acceptors (Lipinski definition) is 3. The zero-order valence-electron chi connectivity index (χ0n) is 17.1. The van der Waals surface area contributed by atoms with Crippen LogP contribution in [0.1, 0.15) is 36.4 Å². The molecule has 170 valence electrons. The Morgan fingerprint density at radius 2 is 1.97 bits per heavy atom. The molecule has 3 aromatic rings. The molecule has 4 rings (SSSR count). The Kier molecular flexibility index (Phi) is 5.44. The molecule has 0 bridgehead atoms. The van der Waals surface area contributed by atoms with Crippen LogP contribution in [0.2, 0.25) is 0 Å². The van der Waals surface area contributed by atoms with Crippen molar-refractivity contribution in [2.45, 2.75) is 37.0 Å². The van der Waals surface area contributed by atoms with Crippen LogP contribution in [-0.4, -0.2) is 30.5 Å². The molecule has 3 heterocycles. The zero-order chi connectivity index (χ0) is 23.3. The highest BCUT2D eigenvalue weighted by atomic mass is 19.4. The lowest BCUT2D eigenvalue weighted by Crippen LogP contribution is -2.51. The first-order valence-corrected chi connectivity index (χ1v) is 9.81. The van der Waals surface area contributed by atoms with Gasteiger partial charge in [-0.25, -0.2) is 9.37 Å². The number of fused-ring (bicyclic) bond motifs is 1. The summed E-state index contributed by atoms with van der Waals surface area (Å²) in [5, 5.41) is 0.370. The maximum Gasteiger partial charge on any atom is 0.417 e. The van der Waals surface area contributed by atoms with Gasteiger partial charge in [0.05, 0.1) is 19.2 Å². The Balaban J connectivity index is 1.89. The zero-order valence-corrected chi connectivity index (χ0v) is 17.1. The van der Waals surface area contributed by atoms with Crippen molar-refractivity contribution in [1.82, 2.24) is 4.98 Å². The molecule has 0 amide bonds. The highest BCUT2D eigenvalue weighted by Gasteiger charge is 2.57. The predicted octanol–water partition coefficient (Wildman–Crippen LogP) is 4.24. The highest BCUT2D eigenvalue weighted by Crippen LogP contribution is 2.51. The number of benzene rings is 1. The van der Waals surface area contributed by atoms with Gasteiger partial charge in [0.15, 0.2) is 35.0 Å². The summed E-state index contributed by atoms with van der Waals surface area (Å²) < 4.78 is 79.9. The van der Waals surface area contributed by atoms with Gasteiger partial charge in [-0.2, -0.15) is 17.6 Å². The third-order valence-electron chi connectivity index (χ3n) is 6.05. The second-order valence-corrected chi connectivity index (χ2v) is 8.00. The van der Waals surface area contributed by atoms with Crippen molar-refractivity contribution < 1.29 is 36.4 Å². The molecule has 0 aliphatic carbocycles. The molecular weight excluding hydrogens is 435 g/mol. The van der Waals surface area contributed by atoms with Crippen LogP contribution in [0, 0.1) is 11.6 Å². The van der Waals surface area contributed by atoms with Crippen LogP contribution >= 0.6 is 0 Å². The van der Waals surface area contributed by atoms with Crippen molar-refractivity contribution in [2.75, 3.05) is 13.7 Å². The molecule has 5 nitrogen and oxygen atoms in total. The van der Waals surface area contributed by atoms with Gasteiger partial charge < -0.3 is 14.5 Å². The van der Waals surface area contributed by atoms with Crippen LogP contribution in [0.25, 0.3) is 10.9 Å². The summed E-state index contributed by atoms with van der Waals surface area (Å²) in [4.78, 5) is 18.5. The Bertz CT molecular complexity index is 1230. The minimum Gasteiger partial charge on any atom is -0.493 e. The Morgan fingerprint density at radius 3 is 2.66 bits per heavy atom. The van der Waals surface area contributed by atoms with Crippen molar-refractivity contribution in [3.05, 3.63) is 69.8 Å². The molecule has 1 aliphatic rings. The number of halogens is 5. The Labute approximate surface area is 179 Å². The second-order valence-electron chi connectivity index (χ2n) is 8.00. The molecule has 1 fully saturated rings. The third kappa shape index (κ3) is 3.62. The van der Waals surface area contributed by atoms with Crippen molar-refractivity contribution in [1.29, 1.82) is 0 Å². The van der Waals surface area contributed by atoms with E-state index in [1.54, 1.807) is 12.3 Å². The molecular formula is C22H20F5N2O3+. The van der Waals surface area contributed by atoms with Crippen LogP contribution in [-0.2, 0) is 4.74 Å². The number of methoxy groups -OCH3 is 1. The molecule has 0 saturated carbocycles. The van der Waals surface area contributed by atoms with Gasteiger partial charge in [-0.1, -0.05) is 6.07 Å². The molecule has 1 aromatic carbocycles. The van der Waals surface area contributed by atoms with Gasteiger partial charge in [0.1, 0.15) is 5.39 Å². The van der Waals surface area contributed by atoms with Gasteiger partial charge in [0.2, 0.25) is 5.82 Å². The van der Waals surface area contributed by atoms with E-state index in [4.69, 9.17) is 9.47 Å². The van der Waals surface area contributed by atoms with Crippen LogP contribution < -0.4 is 15.1 Å². The fraction of sp³-hybridized carbons (Fsp3) is 0.364. The molecule has 0 spiro atoms. The van der Waals surface area contributed by atoms with Crippen molar-refractivity contribution in [3.8, 4) is 5.75 Å². The topological polar surface area (TPSA) is 65.5 Å². The van der Waals surface area contributed by atoms with E-state index < -0.39 is 54.0 Å². The van der Waals surface area contributed by atoms with Gasteiger partial charge >= 0.3 is 6.18 Å². The summed E-state index contributed by atoms with van der Waals surface area (Å²) in [6, 6.07) is 4.98. The lowest BCUT2D eigenvalue weighted by Gasteiger charge is -2.44. The molecule has 10 heteroatoms. The largest absolute Gasteiger partial charge is 0.493 e. The first kappa shape index (κ1) is 22.2. The first-order valence-electron chi connectivity index (χ1n) is 9.81. The van der Waals surface area contributed by atoms with E-state index in [-0.39, 0.29) is 11.0 Å². The molecule has 1 aliphatic heterocycles. The minimum absolute atomic E-state index is 0.0671. The average Bonchev–Trinajstić information content (AvgIpc) is 2.74. The number of nitrogens with one attached hydrogen (secondary N) is 2. The van der Waals surface area contributed by atoms with Crippen molar-refractivity contribution in [3.63, 3.8) is 0 Å². The van der Waals surface area contributed by atoms with E-state index in [9.17, 15) is 26.7 Å². The maximum absolute atomic E-state index is 14.4. The summed E-state index contributed by atoms with van der Waals surface area (Å²) in [7, 11) is 1.12. The van der Waals surface area contributed by atoms with Crippen LogP contribution in [0.3, 0.4) is 0 Å². The molecule has 0 radical (unpaired) electrons. The number of pyridine rings is 2.